The van der Waals surface area contributed by atoms with Crippen LogP contribution in [-0.2, 0) is 14.3 Å². The third-order valence-corrected chi connectivity index (χ3v) is 16.1. The number of aliphatic hydroxyl groups excluding tert-OH is 5. The summed E-state index contributed by atoms with van der Waals surface area (Å²) in [6.07, 6.45) is 88.2. The summed E-state index contributed by atoms with van der Waals surface area (Å²) in [5.41, 5.74) is 0. The maximum Gasteiger partial charge on any atom is 0.220 e. The van der Waals surface area contributed by atoms with Gasteiger partial charge in [0, 0.05) is 6.42 Å². The van der Waals surface area contributed by atoms with Crippen LogP contribution in [0, 0.1) is 0 Å². The fourth-order valence-corrected chi connectivity index (χ4v) is 10.6. The molecular formula is C76H131NO8. The van der Waals surface area contributed by atoms with Crippen LogP contribution in [0.25, 0.3) is 0 Å². The van der Waals surface area contributed by atoms with Crippen LogP contribution in [0.5, 0.6) is 0 Å². The zero-order valence-electron chi connectivity index (χ0n) is 54.6. The highest BCUT2D eigenvalue weighted by molar-refractivity contribution is 5.76. The van der Waals surface area contributed by atoms with Crippen LogP contribution in [0.1, 0.15) is 296 Å². The topological polar surface area (TPSA) is 149 Å². The lowest BCUT2D eigenvalue weighted by molar-refractivity contribution is -0.302. The Morgan fingerprint density at radius 2 is 0.729 bits per heavy atom. The lowest BCUT2D eigenvalue weighted by Gasteiger charge is -2.40. The van der Waals surface area contributed by atoms with Gasteiger partial charge in [-0.25, -0.2) is 0 Å². The molecule has 1 amide bonds. The van der Waals surface area contributed by atoms with E-state index in [1.165, 1.54) is 141 Å². The van der Waals surface area contributed by atoms with Gasteiger partial charge in [0.1, 0.15) is 24.4 Å². The van der Waals surface area contributed by atoms with Crippen LogP contribution in [0.4, 0.5) is 0 Å². The number of nitrogens with one attached hydrogen (secondary N) is 1. The van der Waals surface area contributed by atoms with E-state index in [0.29, 0.717) is 12.8 Å². The van der Waals surface area contributed by atoms with Gasteiger partial charge in [-0.1, -0.05) is 322 Å². The van der Waals surface area contributed by atoms with Gasteiger partial charge in [-0.3, -0.25) is 4.79 Å². The minimum atomic E-state index is -1.56. The van der Waals surface area contributed by atoms with E-state index in [4.69, 9.17) is 9.47 Å². The van der Waals surface area contributed by atoms with Gasteiger partial charge in [0.25, 0.3) is 0 Å². The number of carbonyl (C=O) groups is 1. The van der Waals surface area contributed by atoms with E-state index in [9.17, 15) is 30.3 Å². The van der Waals surface area contributed by atoms with Gasteiger partial charge in [0.2, 0.25) is 5.91 Å². The van der Waals surface area contributed by atoms with Crippen LogP contribution in [-0.4, -0.2) is 87.5 Å². The molecule has 0 aromatic carbocycles. The quantitative estimate of drug-likeness (QED) is 0.0261. The van der Waals surface area contributed by atoms with E-state index in [2.05, 4.69) is 141 Å². The molecule has 6 N–H and O–H groups in total. The molecule has 0 radical (unpaired) electrons. The number of hydrogen-bond acceptors (Lipinski definition) is 8. The van der Waals surface area contributed by atoms with Gasteiger partial charge in [-0.15, -0.1) is 0 Å². The molecule has 0 aromatic rings. The smallest absolute Gasteiger partial charge is 0.220 e. The van der Waals surface area contributed by atoms with E-state index in [1.54, 1.807) is 0 Å². The summed E-state index contributed by atoms with van der Waals surface area (Å²) in [6.45, 7) is 3.74. The molecule has 7 unspecified atom stereocenters. The summed E-state index contributed by atoms with van der Waals surface area (Å²) in [5.74, 6) is -0.160. The Balaban J connectivity index is 2.17. The number of carbonyl (C=O) groups excluding carboxylic acids is 1. The summed E-state index contributed by atoms with van der Waals surface area (Å²) >= 11 is 0. The SMILES string of the molecule is CC/C=C\C/C=C\C/C=C\C/C=C\C/C=C\C/C=C\C/C=C\C/C=C\C/C=C\C/C=C\CCCCCCCCC(=O)NC(COC1OC(CO)C(O)C(O)C1O)C(O)CCCCCCCCCCCCCCCCCCCCCCCCCCC. The van der Waals surface area contributed by atoms with Crippen LogP contribution in [0.3, 0.4) is 0 Å². The van der Waals surface area contributed by atoms with Crippen molar-refractivity contribution in [1.29, 1.82) is 0 Å². The van der Waals surface area contributed by atoms with Gasteiger partial charge in [0.15, 0.2) is 6.29 Å². The van der Waals surface area contributed by atoms with Crippen LogP contribution >= 0.6 is 0 Å². The number of aliphatic hydroxyl groups is 5. The van der Waals surface area contributed by atoms with Crippen molar-refractivity contribution >= 4 is 5.91 Å². The molecule has 1 aliphatic heterocycles. The van der Waals surface area contributed by atoms with Crippen molar-refractivity contribution in [2.75, 3.05) is 13.2 Å². The van der Waals surface area contributed by atoms with Crippen molar-refractivity contribution in [1.82, 2.24) is 5.32 Å². The Kier molecular flexibility index (Phi) is 59.6. The van der Waals surface area contributed by atoms with Crippen molar-refractivity contribution in [2.24, 2.45) is 0 Å². The molecule has 7 atom stereocenters. The summed E-state index contributed by atoms with van der Waals surface area (Å²) in [7, 11) is 0. The maximum atomic E-state index is 13.2. The molecule has 1 fully saturated rings. The van der Waals surface area contributed by atoms with Gasteiger partial charge in [-0.2, -0.15) is 0 Å². The molecule has 0 aromatic heterocycles. The fourth-order valence-electron chi connectivity index (χ4n) is 10.6. The van der Waals surface area contributed by atoms with Crippen LogP contribution in [0.15, 0.2) is 122 Å². The second-order valence-corrected chi connectivity index (χ2v) is 23.9. The predicted octanol–water partition coefficient (Wildman–Crippen LogP) is 19.4. The van der Waals surface area contributed by atoms with E-state index < -0.39 is 49.5 Å². The lowest BCUT2D eigenvalue weighted by atomic mass is 9.99. The molecule has 1 aliphatic rings. The first-order valence-electron chi connectivity index (χ1n) is 35.2. The number of rotatable bonds is 60. The number of ether oxygens (including phenoxy) is 2. The Labute approximate surface area is 522 Å². The second-order valence-electron chi connectivity index (χ2n) is 23.9. The number of amides is 1. The molecule has 1 rings (SSSR count). The minimum absolute atomic E-state index is 0.150. The molecule has 1 heterocycles. The molecule has 1 saturated heterocycles. The first-order valence-corrected chi connectivity index (χ1v) is 35.2. The Hall–Kier alpha value is -3.41. The Bertz CT molecular complexity index is 1760. The molecule has 0 saturated carbocycles. The highest BCUT2D eigenvalue weighted by atomic mass is 16.7. The second kappa shape index (κ2) is 63.6. The molecular weight excluding hydrogens is 1050 g/mol. The first kappa shape index (κ1) is 79.6. The standard InChI is InChI=1S/C76H131NO8/c1-3-5-7-9-11-13-15-17-19-21-23-25-27-29-30-31-32-33-34-35-36-37-38-39-40-42-44-46-48-50-52-54-56-58-60-62-64-66-72(80)77-69(68-84-76-75(83)74(82)73(81)71(67-78)85-76)70(79)65-63-61-59-57-55-53-51-49-47-45-43-41-28-26-24-22-20-18-16-14-12-10-8-6-4-2/h5,7,11,13,17,19,23,25,29-30,32-33,35-36,38-39,42,44,48,50,69-71,73-76,78-79,81-83H,3-4,6,8-10,12,14-16,18,20-22,24,26-28,31,34,37,40-41,43,45-47,49,51-68H2,1-2H3,(H,77,80)/b7-5-,13-11-,19-17-,25-23-,30-29-,33-32-,36-35-,39-38-,44-42-,50-48-. The van der Waals surface area contributed by atoms with Crippen molar-refractivity contribution in [3.63, 3.8) is 0 Å². The van der Waals surface area contributed by atoms with Gasteiger partial charge in [0.05, 0.1) is 25.4 Å². The molecule has 0 aliphatic carbocycles. The lowest BCUT2D eigenvalue weighted by Crippen LogP contribution is -2.60. The normalized spacial score (nSPS) is 18.9. The third kappa shape index (κ3) is 52.3. The fraction of sp³-hybridized carbons (Fsp3) is 0.724. The van der Waals surface area contributed by atoms with Crippen LogP contribution in [0.2, 0.25) is 0 Å². The third-order valence-electron chi connectivity index (χ3n) is 16.1. The maximum absolute atomic E-state index is 13.2. The number of hydrogen-bond donors (Lipinski definition) is 6. The zero-order chi connectivity index (χ0) is 61.4. The molecule has 488 valence electrons. The summed E-state index contributed by atoms with van der Waals surface area (Å²) in [5, 5.41) is 54.9. The van der Waals surface area contributed by atoms with Gasteiger partial charge in [-0.05, 0) is 89.9 Å². The van der Waals surface area contributed by atoms with E-state index in [-0.39, 0.29) is 12.5 Å². The van der Waals surface area contributed by atoms with E-state index in [1.807, 2.05) is 0 Å². The molecule has 85 heavy (non-hydrogen) atoms. The Morgan fingerprint density at radius 1 is 0.412 bits per heavy atom. The van der Waals surface area contributed by atoms with Crippen molar-refractivity contribution in [2.45, 2.75) is 339 Å². The average Bonchev–Trinajstić information content (AvgIpc) is 3.57. The number of unbranched alkanes of at least 4 members (excludes halogenated alkanes) is 30. The van der Waals surface area contributed by atoms with E-state index >= 15 is 0 Å². The van der Waals surface area contributed by atoms with Crippen molar-refractivity contribution < 1.29 is 39.8 Å². The van der Waals surface area contributed by atoms with Gasteiger partial charge >= 0.3 is 0 Å². The zero-order valence-corrected chi connectivity index (χ0v) is 54.6. The highest BCUT2D eigenvalue weighted by Crippen LogP contribution is 2.23. The van der Waals surface area contributed by atoms with Crippen LogP contribution < -0.4 is 5.32 Å². The summed E-state index contributed by atoms with van der Waals surface area (Å²) in [6, 6.07) is -0.738. The molecule has 9 nitrogen and oxygen atoms in total. The minimum Gasteiger partial charge on any atom is -0.394 e. The summed E-state index contributed by atoms with van der Waals surface area (Å²) in [4.78, 5) is 13.2. The summed E-state index contributed by atoms with van der Waals surface area (Å²) < 4.78 is 11.4. The first-order chi connectivity index (χ1) is 41.8. The molecule has 0 spiro atoms. The van der Waals surface area contributed by atoms with Crippen molar-refractivity contribution in [3.8, 4) is 0 Å². The highest BCUT2D eigenvalue weighted by Gasteiger charge is 2.44. The predicted molar refractivity (Wildman–Crippen MR) is 364 cm³/mol. The monoisotopic (exact) mass is 1190 g/mol. The largest absolute Gasteiger partial charge is 0.394 e. The van der Waals surface area contributed by atoms with Crippen molar-refractivity contribution in [3.05, 3.63) is 122 Å². The van der Waals surface area contributed by atoms with E-state index in [0.717, 1.165) is 128 Å². The Morgan fingerprint density at radius 3 is 1.08 bits per heavy atom. The molecule has 9 heteroatoms. The average molecular weight is 1190 g/mol. The molecule has 0 bridgehead atoms. The van der Waals surface area contributed by atoms with Gasteiger partial charge < -0.3 is 40.3 Å². The number of allylic oxidation sites excluding steroid dienone is 20.